The molecule has 1 aliphatic carbocycles. The Morgan fingerprint density at radius 1 is 1.10 bits per heavy atom. The lowest BCUT2D eigenvalue weighted by Crippen LogP contribution is -2.36. The standard InChI is InChI=1S/C18H18ClFO/c19-17-10-9-14(20)12-16(17)18(21)11-5-4-8-15(18)13-6-2-1-3-7-13/h1-3,6-7,9-10,12,15,21H,4-5,8,11H2. The molecule has 110 valence electrons. The number of halogens is 2. The van der Waals surface area contributed by atoms with E-state index >= 15 is 0 Å². The van der Waals surface area contributed by atoms with Crippen molar-refractivity contribution in [3.8, 4) is 0 Å². The molecule has 2 unspecified atom stereocenters. The molecule has 0 bridgehead atoms. The lowest BCUT2D eigenvalue weighted by atomic mass is 9.68. The molecule has 0 radical (unpaired) electrons. The number of hydrogen-bond acceptors (Lipinski definition) is 1. The average Bonchev–Trinajstić information content (AvgIpc) is 2.51. The van der Waals surface area contributed by atoms with Crippen LogP contribution in [0.3, 0.4) is 0 Å². The second-order valence-electron chi connectivity index (χ2n) is 5.76. The van der Waals surface area contributed by atoms with Crippen LogP contribution in [0, 0.1) is 5.82 Å². The predicted molar refractivity (Wildman–Crippen MR) is 83.0 cm³/mol. The van der Waals surface area contributed by atoms with E-state index in [0.717, 1.165) is 24.8 Å². The Bertz CT molecular complexity index is 628. The zero-order valence-corrected chi connectivity index (χ0v) is 12.5. The summed E-state index contributed by atoms with van der Waals surface area (Å²) in [5.74, 6) is -0.410. The summed E-state index contributed by atoms with van der Waals surface area (Å²) in [6.45, 7) is 0. The Morgan fingerprint density at radius 3 is 2.62 bits per heavy atom. The van der Waals surface area contributed by atoms with Gasteiger partial charge in [0.05, 0.1) is 5.60 Å². The Hall–Kier alpha value is -1.38. The molecule has 0 heterocycles. The fourth-order valence-corrected chi connectivity index (χ4v) is 3.72. The van der Waals surface area contributed by atoms with Crippen molar-refractivity contribution in [1.82, 2.24) is 0 Å². The highest BCUT2D eigenvalue weighted by molar-refractivity contribution is 6.31. The zero-order valence-electron chi connectivity index (χ0n) is 11.7. The van der Waals surface area contributed by atoms with Crippen molar-refractivity contribution in [3.63, 3.8) is 0 Å². The van der Waals surface area contributed by atoms with E-state index in [0.29, 0.717) is 17.0 Å². The van der Waals surface area contributed by atoms with Gasteiger partial charge < -0.3 is 5.11 Å². The van der Waals surface area contributed by atoms with Crippen molar-refractivity contribution in [2.24, 2.45) is 0 Å². The van der Waals surface area contributed by atoms with Gasteiger partial charge in [0, 0.05) is 16.5 Å². The minimum Gasteiger partial charge on any atom is -0.384 e. The summed E-state index contributed by atoms with van der Waals surface area (Å²) < 4.78 is 13.6. The maximum Gasteiger partial charge on any atom is 0.123 e. The smallest absolute Gasteiger partial charge is 0.123 e. The van der Waals surface area contributed by atoms with Crippen LogP contribution in [0.5, 0.6) is 0 Å². The number of hydrogen-bond donors (Lipinski definition) is 1. The highest BCUT2D eigenvalue weighted by Gasteiger charge is 2.42. The summed E-state index contributed by atoms with van der Waals surface area (Å²) in [6, 6.07) is 14.2. The molecule has 21 heavy (non-hydrogen) atoms. The summed E-state index contributed by atoms with van der Waals surface area (Å²) in [4.78, 5) is 0. The van der Waals surface area contributed by atoms with Gasteiger partial charge in [-0.25, -0.2) is 4.39 Å². The summed E-state index contributed by atoms with van der Waals surface area (Å²) >= 11 is 6.25. The third-order valence-electron chi connectivity index (χ3n) is 4.47. The van der Waals surface area contributed by atoms with Crippen LogP contribution in [-0.2, 0) is 5.60 Å². The largest absolute Gasteiger partial charge is 0.384 e. The van der Waals surface area contributed by atoms with Gasteiger partial charge in [-0.2, -0.15) is 0 Å². The minimum atomic E-state index is -1.10. The van der Waals surface area contributed by atoms with E-state index in [-0.39, 0.29) is 11.7 Å². The van der Waals surface area contributed by atoms with Gasteiger partial charge in [0.2, 0.25) is 0 Å². The van der Waals surface area contributed by atoms with Crippen molar-refractivity contribution in [1.29, 1.82) is 0 Å². The third-order valence-corrected chi connectivity index (χ3v) is 4.80. The summed E-state index contributed by atoms with van der Waals surface area (Å²) in [6.07, 6.45) is 3.48. The molecular weight excluding hydrogens is 287 g/mol. The van der Waals surface area contributed by atoms with E-state index < -0.39 is 5.60 Å². The van der Waals surface area contributed by atoms with Gasteiger partial charge in [0.15, 0.2) is 0 Å². The van der Waals surface area contributed by atoms with Gasteiger partial charge in [0.1, 0.15) is 5.82 Å². The monoisotopic (exact) mass is 304 g/mol. The molecule has 3 heteroatoms. The number of benzene rings is 2. The van der Waals surface area contributed by atoms with Crippen LogP contribution in [0.4, 0.5) is 4.39 Å². The molecule has 1 nitrogen and oxygen atoms in total. The van der Waals surface area contributed by atoms with Gasteiger partial charge in [-0.05, 0) is 36.6 Å². The average molecular weight is 305 g/mol. The zero-order chi connectivity index (χ0) is 14.9. The van der Waals surface area contributed by atoms with Crippen LogP contribution in [-0.4, -0.2) is 5.11 Å². The molecule has 3 rings (SSSR count). The van der Waals surface area contributed by atoms with Crippen molar-refractivity contribution in [2.45, 2.75) is 37.2 Å². The second kappa shape index (κ2) is 5.78. The first-order valence-electron chi connectivity index (χ1n) is 7.34. The molecule has 2 aromatic carbocycles. The highest BCUT2D eigenvalue weighted by atomic mass is 35.5. The molecule has 0 aliphatic heterocycles. The van der Waals surface area contributed by atoms with Gasteiger partial charge >= 0.3 is 0 Å². The molecule has 1 N–H and O–H groups in total. The number of aliphatic hydroxyl groups is 1. The summed E-state index contributed by atoms with van der Waals surface area (Å²) in [7, 11) is 0. The molecule has 0 aromatic heterocycles. The third kappa shape index (κ3) is 2.70. The first-order valence-corrected chi connectivity index (χ1v) is 7.72. The summed E-state index contributed by atoms with van der Waals surface area (Å²) in [5.41, 5.74) is 0.497. The lowest BCUT2D eigenvalue weighted by molar-refractivity contribution is -0.0225. The van der Waals surface area contributed by atoms with Crippen LogP contribution >= 0.6 is 11.6 Å². The Kier molecular flexibility index (Phi) is 4.01. The fourth-order valence-electron chi connectivity index (χ4n) is 3.44. The molecular formula is C18H18ClFO. The number of rotatable bonds is 2. The van der Waals surface area contributed by atoms with Crippen molar-refractivity contribution in [2.75, 3.05) is 0 Å². The summed E-state index contributed by atoms with van der Waals surface area (Å²) in [5, 5.41) is 11.7. The minimum absolute atomic E-state index is 0.0493. The molecule has 2 aromatic rings. The van der Waals surface area contributed by atoms with Crippen LogP contribution in [0.1, 0.15) is 42.7 Å². The Labute approximate surface area is 129 Å². The fraction of sp³-hybridized carbons (Fsp3) is 0.333. The molecule has 1 fully saturated rings. The Morgan fingerprint density at radius 2 is 1.86 bits per heavy atom. The molecule has 1 aliphatic rings. The van der Waals surface area contributed by atoms with E-state index in [9.17, 15) is 9.50 Å². The quantitative estimate of drug-likeness (QED) is 0.825. The molecule has 0 spiro atoms. The maximum absolute atomic E-state index is 13.6. The van der Waals surface area contributed by atoms with Crippen molar-refractivity contribution >= 4 is 11.6 Å². The van der Waals surface area contributed by atoms with E-state index in [1.807, 2.05) is 30.3 Å². The first kappa shape index (κ1) is 14.6. The van der Waals surface area contributed by atoms with Crippen LogP contribution in [0.2, 0.25) is 5.02 Å². The topological polar surface area (TPSA) is 20.2 Å². The normalized spacial score (nSPS) is 25.8. The van der Waals surface area contributed by atoms with Crippen LogP contribution in [0.15, 0.2) is 48.5 Å². The Balaban J connectivity index is 2.09. The van der Waals surface area contributed by atoms with Crippen LogP contribution < -0.4 is 0 Å². The molecule has 2 atom stereocenters. The second-order valence-corrected chi connectivity index (χ2v) is 6.16. The van der Waals surface area contributed by atoms with Gasteiger partial charge in [-0.1, -0.05) is 54.8 Å². The SMILES string of the molecule is OC1(c2cc(F)ccc2Cl)CCCCC1c1ccccc1. The molecule has 0 saturated heterocycles. The molecule has 0 amide bonds. The van der Waals surface area contributed by atoms with E-state index in [1.165, 1.54) is 18.2 Å². The molecule has 1 saturated carbocycles. The first-order chi connectivity index (χ1) is 10.1. The van der Waals surface area contributed by atoms with Crippen LogP contribution in [0.25, 0.3) is 0 Å². The van der Waals surface area contributed by atoms with E-state index in [4.69, 9.17) is 11.6 Å². The van der Waals surface area contributed by atoms with E-state index in [1.54, 1.807) is 0 Å². The maximum atomic E-state index is 13.6. The highest BCUT2D eigenvalue weighted by Crippen LogP contribution is 2.49. The van der Waals surface area contributed by atoms with Crippen molar-refractivity contribution in [3.05, 3.63) is 70.5 Å². The van der Waals surface area contributed by atoms with Gasteiger partial charge in [0.25, 0.3) is 0 Å². The lowest BCUT2D eigenvalue weighted by Gasteiger charge is -2.41. The van der Waals surface area contributed by atoms with Gasteiger partial charge in [-0.15, -0.1) is 0 Å². The van der Waals surface area contributed by atoms with Crippen molar-refractivity contribution < 1.29 is 9.50 Å². The predicted octanol–water partition coefficient (Wildman–Crippen LogP) is 5.02. The van der Waals surface area contributed by atoms with E-state index in [2.05, 4.69) is 0 Å². The van der Waals surface area contributed by atoms with Gasteiger partial charge in [-0.3, -0.25) is 0 Å².